The van der Waals surface area contributed by atoms with Gasteiger partial charge in [-0.2, -0.15) is 0 Å². The number of hydrogen-bond donors (Lipinski definition) is 4. The number of aliphatic hydroxyl groups excluding tert-OH is 1. The van der Waals surface area contributed by atoms with Gasteiger partial charge in [-0.3, -0.25) is 14.4 Å². The van der Waals surface area contributed by atoms with E-state index in [0.29, 0.717) is 51.7 Å². The van der Waals surface area contributed by atoms with Crippen molar-refractivity contribution < 1.29 is 68.1 Å². The first-order valence-electron chi connectivity index (χ1n) is 28.9. The molecule has 5 aromatic rings. The number of aryl methyl sites for hydroxylation is 8. The van der Waals surface area contributed by atoms with Gasteiger partial charge in [0.25, 0.3) is 0 Å². The number of aliphatic carboxylic acids is 2. The topological polar surface area (TPSA) is 225 Å². The Balaban J connectivity index is 0.000000204. The Morgan fingerprint density at radius 3 is 2.11 bits per heavy atom. The fourth-order valence-electron chi connectivity index (χ4n) is 11.5. The Morgan fingerprint density at radius 2 is 1.41 bits per heavy atom. The first kappa shape index (κ1) is 67.8. The van der Waals surface area contributed by atoms with E-state index in [2.05, 4.69) is 29.0 Å². The van der Waals surface area contributed by atoms with E-state index in [4.69, 9.17) is 62.2 Å². The van der Waals surface area contributed by atoms with Crippen LogP contribution in [0, 0.1) is 94.8 Å². The van der Waals surface area contributed by atoms with Crippen molar-refractivity contribution in [1.82, 2.24) is 4.98 Å². The van der Waals surface area contributed by atoms with Crippen LogP contribution in [0.5, 0.6) is 17.2 Å². The summed E-state index contributed by atoms with van der Waals surface area (Å²) in [6.07, 6.45) is 5.81. The van der Waals surface area contributed by atoms with E-state index in [1.165, 1.54) is 28.7 Å². The number of halogens is 2. The summed E-state index contributed by atoms with van der Waals surface area (Å²) in [6.45, 7) is 14.8. The van der Waals surface area contributed by atoms with Crippen LogP contribution in [0.15, 0.2) is 85.1 Å². The molecule has 0 saturated heterocycles. The van der Waals surface area contributed by atoms with Crippen molar-refractivity contribution in [3.05, 3.63) is 139 Å². The molecule has 5 unspecified atom stereocenters. The summed E-state index contributed by atoms with van der Waals surface area (Å²) in [7, 11) is 1.61. The van der Waals surface area contributed by atoms with Gasteiger partial charge >= 0.3 is 17.9 Å². The molecule has 458 valence electrons. The Hall–Kier alpha value is -6.32. The van der Waals surface area contributed by atoms with Crippen molar-refractivity contribution >= 4 is 64.0 Å². The summed E-state index contributed by atoms with van der Waals surface area (Å²) in [5.74, 6) is 5.07. The van der Waals surface area contributed by atoms with Gasteiger partial charge in [0.2, 0.25) is 0 Å². The van der Waals surface area contributed by atoms with Gasteiger partial charge in [0.15, 0.2) is 0 Å². The fraction of sp³-hybridized carbons (Fsp3) is 0.493. The molecule has 8 rings (SSSR count). The fourth-order valence-corrected chi connectivity index (χ4v) is 13.1. The number of ketones is 2. The van der Waals surface area contributed by atoms with Crippen LogP contribution in [0.4, 0.5) is 0 Å². The third kappa shape index (κ3) is 20.1. The third-order valence-electron chi connectivity index (χ3n) is 16.4. The number of aromatic nitrogens is 1. The zero-order valence-electron chi connectivity index (χ0n) is 49.8. The lowest BCUT2D eigenvalue weighted by Crippen LogP contribution is -2.27. The molecule has 0 amide bonds. The zero-order chi connectivity index (χ0) is 61.9. The number of benzene rings is 4. The standard InChI is InChI=1S/C24H27ClO4.C22H28O6.C21H26ClNO4S/c1-15-6-8-23(16(2)10-15)29-14-20-19(21(25)13-22(20)26)12-18-5-3-4-17(11-18)7-9-24(27)28;1-14-8-9-17(11-15(14)2)28-12-19-18(22(26-4)16(3)21(19)25)7-5-6-10-27-13-20(23)24;1-12-6-7-13(2)18(8-12)27-11-15-14(17(24)9-16(15)22)4-3-5-20-23-10-19(28-20)21(25)26/h3-6,8,10-11,19-21H,7,9,12-14H2,1-2H3,(H,27,28);8-9,11,16,18-19,22H,7,10,12-13H2,1-4H3,(H,23,24);6-8,10,14-17,24H,3-5,9,11H2,1-2H3,(H,25,26)/t19-,20-,21?;16?,18-,19-,22?;14-,15-,16?,17?/m111/s1. The van der Waals surface area contributed by atoms with Crippen LogP contribution < -0.4 is 14.2 Å². The molecule has 3 saturated carbocycles. The zero-order valence-corrected chi connectivity index (χ0v) is 52.1. The average Bonchev–Trinajstić information content (AvgIpc) is 3.92. The van der Waals surface area contributed by atoms with Gasteiger partial charge in [0.05, 0.1) is 55.1 Å². The monoisotopic (exact) mass is 1230 g/mol. The smallest absolute Gasteiger partial charge is 0.347 e. The van der Waals surface area contributed by atoms with Gasteiger partial charge in [0, 0.05) is 54.9 Å². The molecule has 4 N–H and O–H groups in total. The molecular formula is C67H81Cl2NO14S. The molecule has 15 nitrogen and oxygen atoms in total. The average molecular weight is 1230 g/mol. The van der Waals surface area contributed by atoms with Crippen LogP contribution in [0.2, 0.25) is 0 Å². The second-order valence-electron chi connectivity index (χ2n) is 22.7. The maximum absolute atomic E-state index is 12.7. The Bertz CT molecular complexity index is 3130. The highest BCUT2D eigenvalue weighted by Gasteiger charge is 2.48. The van der Waals surface area contributed by atoms with Crippen LogP contribution in [-0.4, -0.2) is 118 Å². The van der Waals surface area contributed by atoms with E-state index in [-0.39, 0.29) is 101 Å². The molecule has 3 aliphatic carbocycles. The number of aromatic carboxylic acids is 1. The second kappa shape index (κ2) is 33.0. The van der Waals surface area contributed by atoms with E-state index in [1.54, 1.807) is 7.11 Å². The Labute approximate surface area is 513 Å². The lowest BCUT2D eigenvalue weighted by molar-refractivity contribution is -0.141. The van der Waals surface area contributed by atoms with E-state index in [9.17, 15) is 29.1 Å². The number of rotatable bonds is 24. The molecule has 0 bridgehead atoms. The number of methoxy groups -OCH3 is 1. The molecule has 0 aliphatic heterocycles. The number of ether oxygens (including phenoxy) is 5. The molecular weight excluding hydrogens is 1150 g/mol. The largest absolute Gasteiger partial charge is 0.493 e. The molecule has 0 spiro atoms. The quantitative estimate of drug-likeness (QED) is 0.0256. The van der Waals surface area contributed by atoms with Gasteiger partial charge in [-0.05, 0) is 155 Å². The normalized spacial score (nSPS) is 23.2. The highest BCUT2D eigenvalue weighted by atomic mass is 35.5. The summed E-state index contributed by atoms with van der Waals surface area (Å²) in [5.41, 5.74) is 8.87. The van der Waals surface area contributed by atoms with Crippen molar-refractivity contribution in [1.29, 1.82) is 0 Å². The highest BCUT2D eigenvalue weighted by Crippen LogP contribution is 2.41. The summed E-state index contributed by atoms with van der Waals surface area (Å²) in [4.78, 5) is 61.9. The number of Topliss-reactive ketones (excluding diaryl/α,β-unsaturated/α-hetero) is 2. The molecule has 85 heavy (non-hydrogen) atoms. The van der Waals surface area contributed by atoms with Crippen molar-refractivity contribution in [2.75, 3.05) is 40.1 Å². The minimum atomic E-state index is -1.03. The molecule has 3 fully saturated rings. The first-order valence-corrected chi connectivity index (χ1v) is 30.6. The first-order chi connectivity index (χ1) is 40.5. The Morgan fingerprint density at radius 1 is 0.706 bits per heavy atom. The predicted molar refractivity (Wildman–Crippen MR) is 329 cm³/mol. The Kier molecular flexibility index (Phi) is 26.3. The van der Waals surface area contributed by atoms with Crippen LogP contribution >= 0.6 is 34.5 Å². The third-order valence-corrected chi connectivity index (χ3v) is 18.4. The summed E-state index contributed by atoms with van der Waals surface area (Å²) in [6, 6.07) is 25.9. The highest BCUT2D eigenvalue weighted by molar-refractivity contribution is 7.13. The molecule has 3 aliphatic rings. The van der Waals surface area contributed by atoms with Gasteiger partial charge in [-0.1, -0.05) is 73.0 Å². The van der Waals surface area contributed by atoms with Gasteiger partial charge in [0.1, 0.15) is 46.9 Å². The molecule has 11 atom stereocenters. The van der Waals surface area contributed by atoms with E-state index < -0.39 is 24.0 Å². The van der Waals surface area contributed by atoms with E-state index in [0.717, 1.165) is 68.5 Å². The van der Waals surface area contributed by atoms with Gasteiger partial charge in [-0.25, -0.2) is 14.6 Å². The number of carbonyl (C=O) groups excluding carboxylic acids is 2. The number of carboxylic acid groups (broad SMARTS) is 3. The van der Waals surface area contributed by atoms with Crippen molar-refractivity contribution in [2.24, 2.45) is 41.4 Å². The summed E-state index contributed by atoms with van der Waals surface area (Å²) >= 11 is 14.3. The number of alkyl halides is 2. The molecule has 18 heteroatoms. The summed E-state index contributed by atoms with van der Waals surface area (Å²) < 4.78 is 28.5. The van der Waals surface area contributed by atoms with Crippen LogP contribution in [0.1, 0.15) is 105 Å². The number of thiazole rings is 1. The van der Waals surface area contributed by atoms with Crippen molar-refractivity contribution in [2.45, 2.75) is 129 Å². The maximum atomic E-state index is 12.7. The van der Waals surface area contributed by atoms with Gasteiger partial charge in [-0.15, -0.1) is 40.5 Å². The second-order valence-corrected chi connectivity index (χ2v) is 24.9. The predicted octanol–water partition coefficient (Wildman–Crippen LogP) is 11.9. The minimum absolute atomic E-state index is 0.00430. The number of nitrogens with zero attached hydrogens (tertiary/aromatic N) is 1. The molecule has 1 heterocycles. The maximum Gasteiger partial charge on any atom is 0.347 e. The van der Waals surface area contributed by atoms with E-state index >= 15 is 0 Å². The SMILES string of the molecule is COC1C(C)C(=O)[C@H](COc2ccc(C)c(C)c2)[C@H]1CC#CCOCC(=O)O.Cc1ccc(C)c(OC[C@H]2C(Cl)CC(O)[C@@H]2CCCc2ncc(C(=O)O)s2)c1.Cc1ccc(OC[C@H]2C(=O)CC(Cl)[C@@H]2Cc2cccc(CCC(=O)O)c2)c(C)c1. The van der Waals surface area contributed by atoms with Crippen molar-refractivity contribution in [3.63, 3.8) is 0 Å². The van der Waals surface area contributed by atoms with Crippen LogP contribution in [0.3, 0.4) is 0 Å². The number of carbonyl (C=O) groups is 5. The number of hydrogen-bond acceptors (Lipinski definition) is 13. The molecule has 1 aromatic heterocycles. The molecule has 0 radical (unpaired) electrons. The van der Waals surface area contributed by atoms with Crippen LogP contribution in [0.25, 0.3) is 0 Å². The van der Waals surface area contributed by atoms with Crippen LogP contribution in [-0.2, 0) is 47.9 Å². The lowest BCUT2D eigenvalue weighted by Gasteiger charge is -2.24. The molecule has 4 aromatic carbocycles. The summed E-state index contributed by atoms with van der Waals surface area (Å²) in [5, 5.41) is 37.4. The number of carboxylic acids is 3. The lowest BCUT2D eigenvalue weighted by atomic mass is 9.89. The minimum Gasteiger partial charge on any atom is -0.493 e. The number of aliphatic hydroxyl groups is 1. The van der Waals surface area contributed by atoms with Gasteiger partial charge < -0.3 is 44.1 Å². The van der Waals surface area contributed by atoms with Crippen molar-refractivity contribution in [3.8, 4) is 29.1 Å². The van der Waals surface area contributed by atoms with E-state index in [1.807, 2.05) is 115 Å².